The van der Waals surface area contributed by atoms with E-state index in [0.717, 1.165) is 37.2 Å². The van der Waals surface area contributed by atoms with Crippen LogP contribution in [0.3, 0.4) is 0 Å². The molecule has 46 heavy (non-hydrogen) atoms. The van der Waals surface area contributed by atoms with Gasteiger partial charge in [-0.05, 0) is 61.0 Å². The van der Waals surface area contributed by atoms with Gasteiger partial charge < -0.3 is 9.47 Å². The zero-order chi connectivity index (χ0) is 30.7. The van der Waals surface area contributed by atoms with E-state index in [1.165, 1.54) is 43.0 Å². The summed E-state index contributed by atoms with van der Waals surface area (Å²) in [5.41, 5.74) is 2.50. The first-order chi connectivity index (χ1) is 22.8. The van der Waals surface area contributed by atoms with Crippen molar-refractivity contribution in [2.75, 3.05) is 0 Å². The van der Waals surface area contributed by atoms with Gasteiger partial charge in [-0.1, -0.05) is 158 Å². The SMILES string of the molecule is c1ccc(P(c2ccccc2)c2cccc3c2O[C@@H]2CC[C@H](C3)Oc3c(cccc3P(c3ccccc3)c3ccccc3)C2)cc1. The van der Waals surface area contributed by atoms with Crippen LogP contribution in [0.5, 0.6) is 11.5 Å². The molecule has 0 saturated carbocycles. The zero-order valence-corrected chi connectivity index (χ0v) is 27.5. The molecule has 0 fully saturated rings. The highest BCUT2D eigenvalue weighted by Gasteiger charge is 2.33. The molecule has 0 unspecified atom stereocenters. The fraction of sp³-hybridized carbons (Fsp3) is 0.143. The third-order valence-electron chi connectivity index (χ3n) is 8.97. The monoisotopic (exact) mass is 634 g/mol. The molecule has 0 N–H and O–H groups in total. The predicted molar refractivity (Wildman–Crippen MR) is 196 cm³/mol. The quantitative estimate of drug-likeness (QED) is 0.179. The van der Waals surface area contributed by atoms with Crippen LogP contribution in [0.15, 0.2) is 158 Å². The van der Waals surface area contributed by atoms with Gasteiger partial charge in [0, 0.05) is 23.5 Å². The van der Waals surface area contributed by atoms with Gasteiger partial charge in [0.25, 0.3) is 0 Å². The van der Waals surface area contributed by atoms with Crippen molar-refractivity contribution in [3.05, 3.63) is 169 Å². The maximum atomic E-state index is 7.21. The number of benzene rings is 6. The van der Waals surface area contributed by atoms with Crippen molar-refractivity contribution in [2.24, 2.45) is 0 Å². The Morgan fingerprint density at radius 1 is 0.370 bits per heavy atom. The van der Waals surface area contributed by atoms with Crippen molar-refractivity contribution in [2.45, 2.75) is 37.9 Å². The van der Waals surface area contributed by atoms with Crippen LogP contribution in [-0.4, -0.2) is 12.2 Å². The van der Waals surface area contributed by atoms with Gasteiger partial charge in [-0.2, -0.15) is 0 Å². The molecule has 226 valence electrons. The summed E-state index contributed by atoms with van der Waals surface area (Å²) in [6.45, 7) is 0. The van der Waals surface area contributed by atoms with Crippen molar-refractivity contribution < 1.29 is 9.47 Å². The Balaban J connectivity index is 1.22. The lowest BCUT2D eigenvalue weighted by Crippen LogP contribution is -2.36. The minimum absolute atomic E-state index is 0.0728. The Morgan fingerprint density at radius 2 is 0.696 bits per heavy atom. The zero-order valence-electron chi connectivity index (χ0n) is 25.7. The van der Waals surface area contributed by atoms with Crippen molar-refractivity contribution in [1.29, 1.82) is 0 Å². The van der Waals surface area contributed by atoms with Crippen LogP contribution < -0.4 is 41.3 Å². The molecule has 6 aromatic rings. The standard InChI is InChI=1S/C42H36O2P2/c1-5-17-35(18-6-1)45(36-19-7-2-8-20-36)39-25-13-15-31-29-34-28-27-33(43-41(31)39)30-32-16-14-26-40(42(32)44-34)46(37-21-9-3-10-22-37)38-23-11-4-12-24-38/h1-26,33-34H,27-30H2/t33-,34-/m1/s1. The smallest absolute Gasteiger partial charge is 0.131 e. The van der Waals surface area contributed by atoms with Crippen molar-refractivity contribution >= 4 is 47.7 Å². The Labute approximate surface area is 274 Å². The topological polar surface area (TPSA) is 18.5 Å². The van der Waals surface area contributed by atoms with Crippen molar-refractivity contribution in [3.63, 3.8) is 0 Å². The third-order valence-corrected chi connectivity index (χ3v) is 13.9. The van der Waals surface area contributed by atoms with Crippen molar-refractivity contribution in [1.82, 2.24) is 0 Å². The first-order valence-corrected chi connectivity index (χ1v) is 18.9. The second kappa shape index (κ2) is 13.3. The van der Waals surface area contributed by atoms with E-state index in [4.69, 9.17) is 9.47 Å². The van der Waals surface area contributed by atoms with Crippen LogP contribution >= 0.6 is 15.8 Å². The van der Waals surface area contributed by atoms with Gasteiger partial charge in [0.2, 0.25) is 0 Å². The van der Waals surface area contributed by atoms with Crippen LogP contribution in [0.4, 0.5) is 0 Å². The van der Waals surface area contributed by atoms with Crippen LogP contribution in [0.25, 0.3) is 0 Å². The summed E-state index contributed by atoms with van der Waals surface area (Å²) in [6.07, 6.45) is 3.74. The van der Waals surface area contributed by atoms with Gasteiger partial charge >= 0.3 is 0 Å². The van der Waals surface area contributed by atoms with Crippen LogP contribution in [0.1, 0.15) is 24.0 Å². The summed E-state index contributed by atoms with van der Waals surface area (Å²) in [6, 6.07) is 57.3. The number of hydrogen-bond donors (Lipinski definition) is 0. The summed E-state index contributed by atoms with van der Waals surface area (Å²) < 4.78 is 14.4. The van der Waals surface area contributed by atoms with Gasteiger partial charge in [-0.25, -0.2) is 0 Å². The summed E-state index contributed by atoms with van der Waals surface area (Å²) in [4.78, 5) is 0. The Bertz CT molecular complexity index is 1690. The molecule has 0 radical (unpaired) electrons. The second-order valence-corrected chi connectivity index (χ2v) is 16.4. The van der Waals surface area contributed by atoms with Gasteiger partial charge in [0.1, 0.15) is 23.7 Å². The minimum atomic E-state index is -0.787. The lowest BCUT2D eigenvalue weighted by atomic mass is 9.94. The first-order valence-electron chi connectivity index (χ1n) is 16.2. The number of ether oxygens (including phenoxy) is 2. The van der Waals surface area contributed by atoms with Gasteiger partial charge in [0.05, 0.1) is 0 Å². The minimum Gasteiger partial charge on any atom is -0.489 e. The summed E-state index contributed by atoms with van der Waals surface area (Å²) in [7, 11) is -1.57. The van der Waals surface area contributed by atoms with Gasteiger partial charge in [0.15, 0.2) is 0 Å². The fourth-order valence-electron chi connectivity index (χ4n) is 6.85. The van der Waals surface area contributed by atoms with Crippen LogP contribution in [-0.2, 0) is 12.8 Å². The molecule has 0 saturated heterocycles. The summed E-state index contributed by atoms with van der Waals surface area (Å²) >= 11 is 0. The van der Waals surface area contributed by atoms with Crippen LogP contribution in [0.2, 0.25) is 0 Å². The maximum absolute atomic E-state index is 7.21. The third kappa shape index (κ3) is 5.89. The molecule has 6 aromatic carbocycles. The van der Waals surface area contributed by atoms with Gasteiger partial charge in [-0.3, -0.25) is 0 Å². The molecular formula is C42H36O2P2. The fourth-order valence-corrected chi connectivity index (χ4v) is 11.7. The molecule has 0 spiro atoms. The average molecular weight is 635 g/mol. The highest BCUT2D eigenvalue weighted by Crippen LogP contribution is 2.43. The molecular weight excluding hydrogens is 598 g/mol. The molecule has 2 nitrogen and oxygen atoms in total. The molecule has 4 heteroatoms. The van der Waals surface area contributed by atoms with E-state index in [9.17, 15) is 0 Å². The molecule has 8 rings (SSSR count). The van der Waals surface area contributed by atoms with Crippen LogP contribution in [0, 0.1) is 0 Å². The molecule has 2 heterocycles. The molecule has 2 aliphatic rings. The lowest BCUT2D eigenvalue weighted by molar-refractivity contribution is 0.115. The summed E-state index contributed by atoms with van der Waals surface area (Å²) in [5.74, 6) is 2.13. The molecule has 2 bridgehead atoms. The van der Waals surface area contributed by atoms with E-state index in [1.807, 2.05) is 0 Å². The number of rotatable bonds is 6. The predicted octanol–water partition coefficient (Wildman–Crippen LogP) is 7.29. The largest absolute Gasteiger partial charge is 0.489 e. The highest BCUT2D eigenvalue weighted by molar-refractivity contribution is 7.80. The van der Waals surface area contributed by atoms with Gasteiger partial charge in [-0.15, -0.1) is 0 Å². The Kier molecular flexibility index (Phi) is 8.41. The van der Waals surface area contributed by atoms with E-state index in [0.29, 0.717) is 0 Å². The summed E-state index contributed by atoms with van der Waals surface area (Å²) in [5, 5.41) is 7.94. The Morgan fingerprint density at radius 3 is 1.02 bits per heavy atom. The second-order valence-electron chi connectivity index (χ2n) is 12.0. The lowest BCUT2D eigenvalue weighted by Gasteiger charge is -2.35. The van der Waals surface area contributed by atoms with E-state index >= 15 is 0 Å². The van der Waals surface area contributed by atoms with E-state index in [1.54, 1.807) is 0 Å². The molecule has 0 aromatic heterocycles. The first kappa shape index (κ1) is 29.2. The van der Waals surface area contributed by atoms with E-state index in [2.05, 4.69) is 158 Å². The molecule has 2 aliphatic heterocycles. The van der Waals surface area contributed by atoms with E-state index < -0.39 is 15.8 Å². The normalized spacial score (nSPS) is 17.1. The highest BCUT2D eigenvalue weighted by atomic mass is 31.1. The van der Waals surface area contributed by atoms with Crippen molar-refractivity contribution in [3.8, 4) is 11.5 Å². The Hall–Kier alpha value is -4.22. The average Bonchev–Trinajstić information content (AvgIpc) is 3.10. The number of fused-ring (bicyclic) bond motifs is 5. The van der Waals surface area contributed by atoms with E-state index in [-0.39, 0.29) is 12.2 Å². The molecule has 0 amide bonds. The molecule has 2 atom stereocenters. The number of para-hydroxylation sites is 2. The maximum Gasteiger partial charge on any atom is 0.131 e. The number of hydrogen-bond acceptors (Lipinski definition) is 2. The molecule has 0 aliphatic carbocycles.